The van der Waals surface area contributed by atoms with Gasteiger partial charge in [-0.1, -0.05) is 29.8 Å². The molecule has 2 saturated heterocycles. The number of benzene rings is 1. The molecule has 22 heavy (non-hydrogen) atoms. The van der Waals surface area contributed by atoms with E-state index in [1.165, 1.54) is 0 Å². The summed E-state index contributed by atoms with van der Waals surface area (Å²) in [6.45, 7) is 5.31. The number of likely N-dealkylation sites (tertiary alicyclic amines) is 1. The Hall–Kier alpha value is -1.10. The summed E-state index contributed by atoms with van der Waals surface area (Å²) in [4.78, 5) is 16.0. The van der Waals surface area contributed by atoms with Crippen molar-refractivity contribution in [2.45, 2.75) is 25.4 Å². The summed E-state index contributed by atoms with van der Waals surface area (Å²) < 4.78 is 5.88. The molecule has 1 amide bonds. The van der Waals surface area contributed by atoms with E-state index in [2.05, 4.69) is 11.0 Å². The van der Waals surface area contributed by atoms with Crippen molar-refractivity contribution < 1.29 is 9.53 Å². The molecule has 1 aromatic carbocycles. The Kier molecular flexibility index (Phi) is 5.34. The lowest BCUT2D eigenvalue weighted by Crippen LogP contribution is -2.46. The Morgan fingerprint density at radius 1 is 1.23 bits per heavy atom. The Labute approximate surface area is 137 Å². The van der Waals surface area contributed by atoms with Crippen LogP contribution in [0.1, 0.15) is 18.4 Å². The quantitative estimate of drug-likeness (QED) is 0.833. The molecule has 0 aliphatic carbocycles. The summed E-state index contributed by atoms with van der Waals surface area (Å²) in [5.74, 6) is 0.306. The number of rotatable bonds is 5. The molecule has 0 bridgehead atoms. The molecule has 2 heterocycles. The van der Waals surface area contributed by atoms with Gasteiger partial charge in [-0.05, 0) is 18.1 Å². The first-order chi connectivity index (χ1) is 10.7. The summed E-state index contributed by atoms with van der Waals surface area (Å²) in [6.07, 6.45) is 2.76. The summed E-state index contributed by atoms with van der Waals surface area (Å²) in [6, 6.07) is 7.96. The predicted molar refractivity (Wildman–Crippen MR) is 87.2 cm³/mol. The highest BCUT2D eigenvalue weighted by Crippen LogP contribution is 2.19. The average molecular weight is 323 g/mol. The highest BCUT2D eigenvalue weighted by atomic mass is 35.5. The van der Waals surface area contributed by atoms with Gasteiger partial charge in [0.2, 0.25) is 5.91 Å². The summed E-state index contributed by atoms with van der Waals surface area (Å²) in [5, 5.41) is 0.811. The molecule has 3 rings (SSSR count). The van der Waals surface area contributed by atoms with E-state index in [0.29, 0.717) is 5.91 Å². The molecule has 0 spiro atoms. The Balaban J connectivity index is 1.49. The van der Waals surface area contributed by atoms with E-state index in [4.69, 9.17) is 16.3 Å². The number of hydrogen-bond donors (Lipinski definition) is 0. The molecule has 1 atom stereocenters. The van der Waals surface area contributed by atoms with Gasteiger partial charge in [0.05, 0.1) is 12.7 Å². The second-order valence-electron chi connectivity index (χ2n) is 6.07. The first-order valence-corrected chi connectivity index (χ1v) is 8.45. The molecule has 1 aromatic rings. The van der Waals surface area contributed by atoms with E-state index in [1.807, 2.05) is 23.1 Å². The van der Waals surface area contributed by atoms with E-state index in [0.717, 1.165) is 69.2 Å². The summed E-state index contributed by atoms with van der Waals surface area (Å²) in [5.41, 5.74) is 1.14. The van der Waals surface area contributed by atoms with Crippen LogP contribution in [0.5, 0.6) is 0 Å². The number of amides is 1. The maximum Gasteiger partial charge on any atom is 0.222 e. The number of carbonyl (C=O) groups is 1. The lowest BCUT2D eigenvalue weighted by molar-refractivity contribution is -0.128. The first kappa shape index (κ1) is 15.8. The third kappa shape index (κ3) is 4.00. The van der Waals surface area contributed by atoms with Crippen molar-refractivity contribution in [3.63, 3.8) is 0 Å². The smallest absolute Gasteiger partial charge is 0.222 e. The van der Waals surface area contributed by atoms with E-state index < -0.39 is 0 Å². The summed E-state index contributed by atoms with van der Waals surface area (Å²) in [7, 11) is 0. The molecule has 120 valence electrons. The maximum absolute atomic E-state index is 11.7. The van der Waals surface area contributed by atoms with Gasteiger partial charge in [0, 0.05) is 50.6 Å². The van der Waals surface area contributed by atoms with E-state index in [1.54, 1.807) is 0 Å². The van der Waals surface area contributed by atoms with Gasteiger partial charge in [-0.15, -0.1) is 0 Å². The third-order valence-corrected chi connectivity index (χ3v) is 4.85. The largest absolute Gasteiger partial charge is 0.375 e. The van der Waals surface area contributed by atoms with Crippen LogP contribution in [0.25, 0.3) is 0 Å². The second kappa shape index (κ2) is 7.44. The molecule has 2 aliphatic heterocycles. The number of halogens is 1. The normalized spacial score (nSPS) is 23.2. The van der Waals surface area contributed by atoms with Crippen molar-refractivity contribution in [2.24, 2.45) is 0 Å². The van der Waals surface area contributed by atoms with Crippen molar-refractivity contribution in [1.82, 2.24) is 9.80 Å². The van der Waals surface area contributed by atoms with Gasteiger partial charge in [0.1, 0.15) is 0 Å². The Morgan fingerprint density at radius 2 is 2.09 bits per heavy atom. The molecule has 0 N–H and O–H groups in total. The van der Waals surface area contributed by atoms with Gasteiger partial charge in [0.25, 0.3) is 0 Å². The van der Waals surface area contributed by atoms with Gasteiger partial charge >= 0.3 is 0 Å². The molecule has 0 radical (unpaired) electrons. The zero-order valence-electron chi connectivity index (χ0n) is 12.8. The molecular weight excluding hydrogens is 300 g/mol. The van der Waals surface area contributed by atoms with Crippen LogP contribution in [-0.4, -0.2) is 61.1 Å². The molecular formula is C17H23ClN2O2. The van der Waals surface area contributed by atoms with Crippen LogP contribution in [0.3, 0.4) is 0 Å². The van der Waals surface area contributed by atoms with Crippen LogP contribution >= 0.6 is 11.6 Å². The van der Waals surface area contributed by atoms with Gasteiger partial charge in [-0.25, -0.2) is 0 Å². The molecule has 2 aliphatic rings. The highest BCUT2D eigenvalue weighted by molar-refractivity contribution is 6.31. The minimum Gasteiger partial charge on any atom is -0.375 e. The second-order valence-corrected chi connectivity index (χ2v) is 6.48. The first-order valence-electron chi connectivity index (χ1n) is 8.07. The molecule has 0 aromatic heterocycles. The van der Waals surface area contributed by atoms with Crippen molar-refractivity contribution in [1.29, 1.82) is 0 Å². The molecule has 5 heteroatoms. The Bertz CT molecular complexity index is 523. The SMILES string of the molecule is O=C1CCCN1CCN1CCO[C@@H](Cc2ccccc2Cl)C1. The van der Waals surface area contributed by atoms with Gasteiger partial charge in [-0.2, -0.15) is 0 Å². The van der Waals surface area contributed by atoms with E-state index in [9.17, 15) is 4.79 Å². The fraction of sp³-hybridized carbons (Fsp3) is 0.588. The monoisotopic (exact) mass is 322 g/mol. The fourth-order valence-electron chi connectivity index (χ4n) is 3.22. The predicted octanol–water partition coefficient (Wildman–Crippen LogP) is 2.21. The number of hydrogen-bond acceptors (Lipinski definition) is 3. The zero-order chi connectivity index (χ0) is 15.4. The lowest BCUT2D eigenvalue weighted by atomic mass is 10.1. The maximum atomic E-state index is 11.7. The molecule has 2 fully saturated rings. The van der Waals surface area contributed by atoms with Crippen molar-refractivity contribution in [3.8, 4) is 0 Å². The summed E-state index contributed by atoms with van der Waals surface area (Å²) >= 11 is 6.23. The zero-order valence-corrected chi connectivity index (χ0v) is 13.6. The standard InChI is InChI=1S/C17H23ClN2O2/c18-16-5-2-1-4-14(16)12-15-13-19(10-11-22-15)8-9-20-7-3-6-17(20)21/h1-2,4-5,15H,3,6-13H2/t15-/m0/s1. The fourth-order valence-corrected chi connectivity index (χ4v) is 3.43. The minimum atomic E-state index is 0.183. The topological polar surface area (TPSA) is 32.8 Å². The highest BCUT2D eigenvalue weighted by Gasteiger charge is 2.24. The van der Waals surface area contributed by atoms with Crippen LogP contribution in [0.2, 0.25) is 5.02 Å². The van der Waals surface area contributed by atoms with Gasteiger partial charge in [-0.3, -0.25) is 9.69 Å². The molecule has 4 nitrogen and oxygen atoms in total. The van der Waals surface area contributed by atoms with E-state index >= 15 is 0 Å². The lowest BCUT2D eigenvalue weighted by Gasteiger charge is -2.34. The van der Waals surface area contributed by atoms with Gasteiger partial charge in [0.15, 0.2) is 0 Å². The Morgan fingerprint density at radius 3 is 2.86 bits per heavy atom. The van der Waals surface area contributed by atoms with Crippen LogP contribution in [0.15, 0.2) is 24.3 Å². The average Bonchev–Trinajstić information content (AvgIpc) is 2.93. The number of nitrogens with zero attached hydrogens (tertiary/aromatic N) is 2. The van der Waals surface area contributed by atoms with Gasteiger partial charge < -0.3 is 9.64 Å². The molecule has 0 saturated carbocycles. The van der Waals surface area contributed by atoms with Crippen molar-refractivity contribution in [3.05, 3.63) is 34.9 Å². The molecule has 0 unspecified atom stereocenters. The number of morpholine rings is 1. The van der Waals surface area contributed by atoms with Crippen molar-refractivity contribution >= 4 is 17.5 Å². The number of carbonyl (C=O) groups excluding carboxylic acids is 1. The van der Waals surface area contributed by atoms with Crippen LogP contribution < -0.4 is 0 Å². The van der Waals surface area contributed by atoms with E-state index in [-0.39, 0.29) is 6.10 Å². The third-order valence-electron chi connectivity index (χ3n) is 4.49. The number of ether oxygens (including phenoxy) is 1. The van der Waals surface area contributed by atoms with Crippen LogP contribution in [0.4, 0.5) is 0 Å². The van der Waals surface area contributed by atoms with Crippen LogP contribution in [0, 0.1) is 0 Å². The van der Waals surface area contributed by atoms with Crippen molar-refractivity contribution in [2.75, 3.05) is 39.3 Å². The van der Waals surface area contributed by atoms with Crippen LogP contribution in [-0.2, 0) is 16.0 Å². The minimum absolute atomic E-state index is 0.183.